The van der Waals surface area contributed by atoms with Crippen molar-refractivity contribution in [2.45, 2.75) is 18.4 Å². The van der Waals surface area contributed by atoms with Crippen LogP contribution >= 0.6 is 15.9 Å². The summed E-state index contributed by atoms with van der Waals surface area (Å²) in [7, 11) is 0. The van der Waals surface area contributed by atoms with E-state index in [4.69, 9.17) is 4.74 Å². The maximum Gasteiger partial charge on any atom is 0.407 e. The molecule has 0 bridgehead atoms. The summed E-state index contributed by atoms with van der Waals surface area (Å²) in [6, 6.07) is 20.9. The summed E-state index contributed by atoms with van der Waals surface area (Å²) in [6.07, 6.45) is -1.57. The normalized spacial score (nSPS) is 12.6. The SMILES string of the molecule is N#Cc1ccc(Br)cc1NC(=O)C(CC(=O)O)NC(=O)OCC1c2ccccc2-c2ccccc21. The van der Waals surface area contributed by atoms with E-state index in [0.29, 0.717) is 4.47 Å². The molecule has 1 aliphatic carbocycles. The highest BCUT2D eigenvalue weighted by atomic mass is 79.9. The van der Waals surface area contributed by atoms with Gasteiger partial charge in [0.2, 0.25) is 5.91 Å². The van der Waals surface area contributed by atoms with E-state index in [2.05, 4.69) is 26.6 Å². The van der Waals surface area contributed by atoms with Crippen LogP contribution in [0.4, 0.5) is 10.5 Å². The standard InChI is InChI=1S/C26H20BrN3O5/c27-16-10-9-15(13-28)22(11-16)29-25(33)23(12-24(31)32)30-26(34)35-14-21-19-7-3-1-5-17(19)18-6-2-4-8-20(18)21/h1-11,21,23H,12,14H2,(H,29,33)(H,30,34)(H,31,32). The number of aliphatic carboxylic acids is 1. The second-order valence-electron chi connectivity index (χ2n) is 7.91. The van der Waals surface area contributed by atoms with Gasteiger partial charge in [-0.1, -0.05) is 64.5 Å². The Morgan fingerprint density at radius 2 is 1.66 bits per heavy atom. The molecule has 3 aromatic rings. The van der Waals surface area contributed by atoms with Crippen LogP contribution in [0.25, 0.3) is 11.1 Å². The number of hydrogen-bond acceptors (Lipinski definition) is 5. The summed E-state index contributed by atoms with van der Waals surface area (Å²) in [5, 5.41) is 23.4. The number of hydrogen-bond donors (Lipinski definition) is 3. The second kappa shape index (κ2) is 10.4. The number of carboxylic acid groups (broad SMARTS) is 1. The van der Waals surface area contributed by atoms with Crippen LogP contribution in [-0.4, -0.2) is 35.7 Å². The van der Waals surface area contributed by atoms with Crippen LogP contribution < -0.4 is 10.6 Å². The maximum atomic E-state index is 12.8. The van der Waals surface area contributed by atoms with Crippen molar-refractivity contribution >= 4 is 39.6 Å². The average molecular weight is 534 g/mol. The molecule has 176 valence electrons. The molecule has 0 saturated carbocycles. The molecule has 3 aromatic carbocycles. The minimum Gasteiger partial charge on any atom is -0.481 e. The van der Waals surface area contributed by atoms with E-state index >= 15 is 0 Å². The van der Waals surface area contributed by atoms with Gasteiger partial charge in [-0.3, -0.25) is 9.59 Å². The monoisotopic (exact) mass is 533 g/mol. The number of nitriles is 1. The highest BCUT2D eigenvalue weighted by Gasteiger charge is 2.30. The number of carbonyl (C=O) groups excluding carboxylic acids is 2. The second-order valence-corrected chi connectivity index (χ2v) is 8.83. The molecule has 0 aliphatic heterocycles. The number of carbonyl (C=O) groups is 3. The zero-order valence-corrected chi connectivity index (χ0v) is 19.9. The van der Waals surface area contributed by atoms with Crippen molar-refractivity contribution in [2.24, 2.45) is 0 Å². The summed E-state index contributed by atoms with van der Waals surface area (Å²) in [5.74, 6) is -2.24. The van der Waals surface area contributed by atoms with Gasteiger partial charge in [0, 0.05) is 10.4 Å². The maximum absolute atomic E-state index is 12.8. The third-order valence-electron chi connectivity index (χ3n) is 5.69. The van der Waals surface area contributed by atoms with Gasteiger partial charge in [0.1, 0.15) is 18.7 Å². The Kier molecular flexibility index (Phi) is 7.13. The van der Waals surface area contributed by atoms with E-state index in [1.54, 1.807) is 6.07 Å². The molecular formula is C26H20BrN3O5. The molecule has 0 aromatic heterocycles. The third kappa shape index (κ3) is 5.34. The van der Waals surface area contributed by atoms with Crippen LogP contribution in [0.5, 0.6) is 0 Å². The van der Waals surface area contributed by atoms with Gasteiger partial charge in [-0.05, 0) is 40.5 Å². The van der Waals surface area contributed by atoms with Crippen molar-refractivity contribution in [2.75, 3.05) is 11.9 Å². The highest BCUT2D eigenvalue weighted by Crippen LogP contribution is 2.44. The lowest BCUT2D eigenvalue weighted by Gasteiger charge is -2.19. The van der Waals surface area contributed by atoms with Gasteiger partial charge in [-0.15, -0.1) is 0 Å². The first-order chi connectivity index (χ1) is 16.9. The Bertz CT molecular complexity index is 1310. The Hall–Kier alpha value is -4.16. The van der Waals surface area contributed by atoms with Crippen LogP contribution in [-0.2, 0) is 14.3 Å². The fourth-order valence-electron chi connectivity index (χ4n) is 4.10. The predicted molar refractivity (Wildman–Crippen MR) is 132 cm³/mol. The molecule has 35 heavy (non-hydrogen) atoms. The fourth-order valence-corrected chi connectivity index (χ4v) is 4.46. The van der Waals surface area contributed by atoms with E-state index < -0.39 is 30.4 Å². The molecule has 0 saturated heterocycles. The van der Waals surface area contributed by atoms with Crippen molar-refractivity contribution in [3.8, 4) is 17.2 Å². The first-order valence-corrected chi connectivity index (χ1v) is 11.5. The summed E-state index contributed by atoms with van der Waals surface area (Å²) in [5.41, 5.74) is 4.58. The molecule has 4 rings (SSSR count). The molecule has 0 fully saturated rings. The molecule has 1 aliphatic rings. The van der Waals surface area contributed by atoms with E-state index in [9.17, 15) is 24.8 Å². The molecule has 8 nitrogen and oxygen atoms in total. The third-order valence-corrected chi connectivity index (χ3v) is 6.18. The van der Waals surface area contributed by atoms with Crippen molar-refractivity contribution in [1.82, 2.24) is 5.32 Å². The van der Waals surface area contributed by atoms with Crippen LogP contribution in [0.15, 0.2) is 71.2 Å². The Morgan fingerprint density at radius 1 is 1.03 bits per heavy atom. The minimum absolute atomic E-state index is 0.0193. The van der Waals surface area contributed by atoms with E-state index in [1.807, 2.05) is 54.6 Å². The Labute approximate surface area is 209 Å². The molecule has 0 heterocycles. The molecule has 0 radical (unpaired) electrons. The molecule has 3 N–H and O–H groups in total. The summed E-state index contributed by atoms with van der Waals surface area (Å²) >= 11 is 3.26. The molecular weight excluding hydrogens is 514 g/mol. The van der Waals surface area contributed by atoms with E-state index in [-0.39, 0.29) is 23.8 Å². The van der Waals surface area contributed by atoms with E-state index in [1.165, 1.54) is 12.1 Å². The fraction of sp³-hybridized carbons (Fsp3) is 0.154. The summed E-state index contributed by atoms with van der Waals surface area (Å²) < 4.78 is 6.05. The number of nitrogens with one attached hydrogen (secondary N) is 2. The zero-order chi connectivity index (χ0) is 24.9. The van der Waals surface area contributed by atoms with Crippen molar-refractivity contribution in [3.05, 3.63) is 87.9 Å². The number of halogens is 1. The first-order valence-electron chi connectivity index (χ1n) is 10.7. The first kappa shape index (κ1) is 24.0. The average Bonchev–Trinajstić information content (AvgIpc) is 3.16. The number of rotatable bonds is 7. The van der Waals surface area contributed by atoms with Gasteiger partial charge in [-0.2, -0.15) is 5.26 Å². The number of anilines is 1. The number of ether oxygens (including phenoxy) is 1. The number of benzene rings is 3. The van der Waals surface area contributed by atoms with Crippen LogP contribution in [0.2, 0.25) is 0 Å². The van der Waals surface area contributed by atoms with Crippen molar-refractivity contribution in [1.29, 1.82) is 5.26 Å². The Balaban J connectivity index is 1.45. The van der Waals surface area contributed by atoms with Gasteiger partial charge < -0.3 is 20.5 Å². The number of carboxylic acids is 1. The van der Waals surface area contributed by atoms with Gasteiger partial charge in [-0.25, -0.2) is 4.79 Å². The summed E-state index contributed by atoms with van der Waals surface area (Å²) in [6.45, 7) is 0.0193. The molecule has 2 amide bonds. The highest BCUT2D eigenvalue weighted by molar-refractivity contribution is 9.10. The lowest BCUT2D eigenvalue weighted by Crippen LogP contribution is -2.45. The van der Waals surface area contributed by atoms with Gasteiger partial charge in [0.05, 0.1) is 17.7 Å². The van der Waals surface area contributed by atoms with Crippen molar-refractivity contribution < 1.29 is 24.2 Å². The number of nitrogens with zero attached hydrogens (tertiary/aromatic N) is 1. The van der Waals surface area contributed by atoms with E-state index in [0.717, 1.165) is 22.3 Å². The van der Waals surface area contributed by atoms with Crippen LogP contribution in [0.3, 0.4) is 0 Å². The number of alkyl carbamates (subject to hydrolysis) is 1. The molecule has 0 spiro atoms. The molecule has 9 heteroatoms. The van der Waals surface area contributed by atoms with Gasteiger partial charge in [0.15, 0.2) is 0 Å². The predicted octanol–water partition coefficient (Wildman–Crippen LogP) is 4.64. The van der Waals surface area contributed by atoms with Crippen molar-refractivity contribution in [3.63, 3.8) is 0 Å². The quantitative estimate of drug-likeness (QED) is 0.405. The smallest absolute Gasteiger partial charge is 0.407 e. The topological polar surface area (TPSA) is 129 Å². The van der Waals surface area contributed by atoms with Gasteiger partial charge in [0.25, 0.3) is 0 Å². The lowest BCUT2D eigenvalue weighted by atomic mass is 9.98. The summed E-state index contributed by atoms with van der Waals surface area (Å²) in [4.78, 5) is 36.7. The Morgan fingerprint density at radius 3 is 2.26 bits per heavy atom. The molecule has 1 atom stereocenters. The van der Waals surface area contributed by atoms with Crippen LogP contribution in [0.1, 0.15) is 29.0 Å². The largest absolute Gasteiger partial charge is 0.481 e. The number of amides is 2. The zero-order valence-electron chi connectivity index (χ0n) is 18.3. The van der Waals surface area contributed by atoms with Crippen LogP contribution in [0, 0.1) is 11.3 Å². The number of fused-ring (bicyclic) bond motifs is 3. The van der Waals surface area contributed by atoms with Gasteiger partial charge >= 0.3 is 12.1 Å². The molecule has 1 unspecified atom stereocenters. The minimum atomic E-state index is -1.41. The lowest BCUT2D eigenvalue weighted by molar-refractivity contribution is -0.139.